The van der Waals surface area contributed by atoms with Gasteiger partial charge in [0.05, 0.1) is 12.2 Å². The van der Waals surface area contributed by atoms with E-state index in [0.717, 1.165) is 45.4 Å². The van der Waals surface area contributed by atoms with Gasteiger partial charge in [0.1, 0.15) is 11.5 Å². The first kappa shape index (κ1) is 27.0. The average Bonchev–Trinajstić information content (AvgIpc) is 2.87. The third-order valence-corrected chi connectivity index (χ3v) is 8.94. The lowest BCUT2D eigenvalue weighted by atomic mass is 9.60. The molecule has 4 heterocycles. The molecule has 2 atom stereocenters. The Balaban J connectivity index is 1.10. The summed E-state index contributed by atoms with van der Waals surface area (Å²) >= 11 is 0. The standard InChI is InChI=1S/C30H40N6O4/c1-19(2)40-29-32-24(12-27(33-29)31-23-13-30(14-23)17-36(18-30)20(3)37)28(39)35-11-9-25(26(38)16-35)34-10-8-21-6-4-5-7-22(21)15-34/h4-7,12,19,23,25-26,38H,8-11,13-18H2,1-3H3,(H,31,32,33)/t25-,26-/m1/s1. The second-order valence-electron chi connectivity index (χ2n) is 12.4. The number of fused-ring (bicyclic) bond motifs is 1. The topological polar surface area (TPSA) is 111 Å². The summed E-state index contributed by atoms with van der Waals surface area (Å²) in [5.41, 5.74) is 3.19. The van der Waals surface area contributed by atoms with Crippen LogP contribution in [0.1, 0.15) is 61.6 Å². The van der Waals surface area contributed by atoms with Crippen LogP contribution in [0.15, 0.2) is 30.3 Å². The van der Waals surface area contributed by atoms with E-state index in [1.165, 1.54) is 11.1 Å². The predicted octanol–water partition coefficient (Wildman–Crippen LogP) is 2.32. The molecule has 1 aliphatic carbocycles. The summed E-state index contributed by atoms with van der Waals surface area (Å²) in [6.07, 6.45) is 2.86. The van der Waals surface area contributed by atoms with E-state index >= 15 is 0 Å². The Morgan fingerprint density at radius 3 is 2.55 bits per heavy atom. The number of amides is 2. The summed E-state index contributed by atoms with van der Waals surface area (Å²) in [6, 6.07) is 10.6. The van der Waals surface area contributed by atoms with E-state index in [1.54, 1.807) is 17.9 Å². The van der Waals surface area contributed by atoms with Crippen molar-refractivity contribution < 1.29 is 19.4 Å². The lowest BCUT2D eigenvalue weighted by molar-refractivity contribution is -0.148. The number of carbonyl (C=O) groups is 2. The number of aliphatic hydroxyl groups is 1. The third-order valence-electron chi connectivity index (χ3n) is 8.94. The van der Waals surface area contributed by atoms with Crippen LogP contribution in [0.2, 0.25) is 0 Å². The number of rotatable bonds is 6. The number of β-amino-alcohol motifs (C(OH)–C–C–N with tert-alkyl or cyclic N) is 1. The van der Waals surface area contributed by atoms with Gasteiger partial charge in [-0.2, -0.15) is 9.97 Å². The van der Waals surface area contributed by atoms with Gasteiger partial charge < -0.3 is 25.0 Å². The van der Waals surface area contributed by atoms with Crippen molar-refractivity contribution in [2.45, 2.75) is 77.3 Å². The average molecular weight is 549 g/mol. The number of aromatic nitrogens is 2. The molecule has 1 spiro atoms. The molecule has 10 heteroatoms. The molecule has 0 radical (unpaired) electrons. The van der Waals surface area contributed by atoms with E-state index in [0.29, 0.717) is 18.8 Å². The van der Waals surface area contributed by atoms with Crippen LogP contribution in [0.4, 0.5) is 5.82 Å². The van der Waals surface area contributed by atoms with Gasteiger partial charge in [-0.15, -0.1) is 0 Å². The largest absolute Gasteiger partial charge is 0.461 e. The molecule has 3 aliphatic heterocycles. The van der Waals surface area contributed by atoms with Gasteiger partial charge in [-0.05, 0) is 50.7 Å². The fourth-order valence-corrected chi connectivity index (χ4v) is 6.91. The number of nitrogens with one attached hydrogen (secondary N) is 1. The Morgan fingerprint density at radius 1 is 1.10 bits per heavy atom. The van der Waals surface area contributed by atoms with Crippen LogP contribution < -0.4 is 10.1 Å². The molecule has 6 rings (SSSR count). The molecule has 2 saturated heterocycles. The zero-order valence-corrected chi connectivity index (χ0v) is 23.7. The zero-order valence-electron chi connectivity index (χ0n) is 23.7. The first-order valence-corrected chi connectivity index (χ1v) is 14.5. The van der Waals surface area contributed by atoms with Gasteiger partial charge in [0.15, 0.2) is 0 Å². The Bertz CT molecular complexity index is 1270. The Hall–Kier alpha value is -3.24. The second-order valence-corrected chi connectivity index (χ2v) is 12.4. The summed E-state index contributed by atoms with van der Waals surface area (Å²) in [7, 11) is 0. The monoisotopic (exact) mass is 548 g/mol. The molecule has 1 saturated carbocycles. The van der Waals surface area contributed by atoms with Crippen LogP contribution in [0.25, 0.3) is 0 Å². The highest BCUT2D eigenvalue weighted by molar-refractivity contribution is 5.93. The number of hydrogen-bond donors (Lipinski definition) is 2. The number of benzene rings is 1. The van der Waals surface area contributed by atoms with Crippen LogP contribution in [0.5, 0.6) is 6.01 Å². The number of piperidine rings is 1. The Kier molecular flexibility index (Phi) is 7.16. The SMILES string of the molecule is CC(=O)N1CC2(CC(Nc3cc(C(=O)N4CC[C@@H](N5CCc6ccccc6C5)[C@H](O)C4)nc(OC(C)C)n3)C2)C1. The number of anilines is 1. The molecule has 1 aromatic heterocycles. The quantitative estimate of drug-likeness (QED) is 0.566. The van der Waals surface area contributed by atoms with Crippen molar-refractivity contribution in [3.05, 3.63) is 47.2 Å². The van der Waals surface area contributed by atoms with Crippen LogP contribution >= 0.6 is 0 Å². The predicted molar refractivity (Wildman–Crippen MR) is 150 cm³/mol. The van der Waals surface area contributed by atoms with E-state index in [1.807, 2.05) is 18.7 Å². The lowest BCUT2D eigenvalue weighted by Crippen LogP contribution is -2.65. The van der Waals surface area contributed by atoms with Crippen molar-refractivity contribution in [2.75, 3.05) is 38.0 Å². The van der Waals surface area contributed by atoms with Gasteiger partial charge >= 0.3 is 6.01 Å². The molecule has 10 nitrogen and oxygen atoms in total. The van der Waals surface area contributed by atoms with E-state index in [4.69, 9.17) is 4.74 Å². The van der Waals surface area contributed by atoms with E-state index < -0.39 is 6.10 Å². The third kappa shape index (κ3) is 5.39. The first-order chi connectivity index (χ1) is 19.2. The summed E-state index contributed by atoms with van der Waals surface area (Å²) in [5, 5.41) is 14.6. The maximum absolute atomic E-state index is 13.6. The highest BCUT2D eigenvalue weighted by atomic mass is 16.5. The minimum atomic E-state index is -0.628. The second kappa shape index (κ2) is 10.6. The molecule has 0 bridgehead atoms. The highest BCUT2D eigenvalue weighted by Crippen LogP contribution is 2.49. The Labute approximate surface area is 235 Å². The summed E-state index contributed by atoms with van der Waals surface area (Å²) < 4.78 is 5.79. The van der Waals surface area contributed by atoms with Crippen LogP contribution in [-0.2, 0) is 17.8 Å². The normalized spacial score (nSPS) is 24.3. The molecule has 2 aromatic rings. The van der Waals surface area contributed by atoms with Gasteiger partial charge in [-0.3, -0.25) is 14.5 Å². The van der Waals surface area contributed by atoms with E-state index in [2.05, 4.69) is 44.5 Å². The molecule has 0 unspecified atom stereocenters. The van der Waals surface area contributed by atoms with Crippen molar-refractivity contribution in [3.8, 4) is 6.01 Å². The molecule has 3 fully saturated rings. The number of nitrogens with zero attached hydrogens (tertiary/aromatic N) is 5. The molecule has 40 heavy (non-hydrogen) atoms. The number of likely N-dealkylation sites (tertiary alicyclic amines) is 2. The van der Waals surface area contributed by atoms with Gasteiger partial charge in [0.2, 0.25) is 5.91 Å². The molecule has 4 aliphatic rings. The summed E-state index contributed by atoms with van der Waals surface area (Å²) in [5.74, 6) is 0.479. The summed E-state index contributed by atoms with van der Waals surface area (Å²) in [6.45, 7) is 9.63. The van der Waals surface area contributed by atoms with Crippen LogP contribution in [-0.4, -0.2) is 98.6 Å². The maximum Gasteiger partial charge on any atom is 0.319 e. The van der Waals surface area contributed by atoms with Gasteiger partial charge in [0.25, 0.3) is 5.91 Å². The van der Waals surface area contributed by atoms with Crippen molar-refractivity contribution in [1.82, 2.24) is 24.7 Å². The molecule has 2 amide bonds. The highest BCUT2D eigenvalue weighted by Gasteiger charge is 2.53. The minimum Gasteiger partial charge on any atom is -0.461 e. The molecule has 2 N–H and O–H groups in total. The fourth-order valence-electron chi connectivity index (χ4n) is 6.91. The van der Waals surface area contributed by atoms with Crippen molar-refractivity contribution >= 4 is 17.6 Å². The van der Waals surface area contributed by atoms with Crippen molar-refractivity contribution in [1.29, 1.82) is 0 Å². The first-order valence-electron chi connectivity index (χ1n) is 14.5. The fraction of sp³-hybridized carbons (Fsp3) is 0.600. The number of ether oxygens (including phenoxy) is 1. The lowest BCUT2D eigenvalue weighted by Gasteiger charge is -2.59. The molecular formula is C30H40N6O4. The van der Waals surface area contributed by atoms with Gasteiger partial charge in [0, 0.05) is 69.8 Å². The molecular weight excluding hydrogens is 508 g/mol. The summed E-state index contributed by atoms with van der Waals surface area (Å²) in [4.78, 5) is 40.1. The molecule has 1 aromatic carbocycles. The number of carbonyl (C=O) groups excluding carboxylic acids is 2. The number of aliphatic hydroxyl groups excluding tert-OH is 1. The minimum absolute atomic E-state index is 0.0243. The Morgan fingerprint density at radius 2 is 1.85 bits per heavy atom. The van der Waals surface area contributed by atoms with Crippen LogP contribution in [0, 0.1) is 5.41 Å². The molecule has 214 valence electrons. The van der Waals surface area contributed by atoms with Gasteiger partial charge in [-0.1, -0.05) is 24.3 Å². The van der Waals surface area contributed by atoms with E-state index in [9.17, 15) is 14.7 Å². The van der Waals surface area contributed by atoms with Crippen LogP contribution in [0.3, 0.4) is 0 Å². The zero-order chi connectivity index (χ0) is 28.0. The van der Waals surface area contributed by atoms with Crippen molar-refractivity contribution in [2.24, 2.45) is 5.41 Å². The van der Waals surface area contributed by atoms with Gasteiger partial charge in [-0.25, -0.2) is 0 Å². The number of hydrogen-bond acceptors (Lipinski definition) is 8. The maximum atomic E-state index is 13.6. The van der Waals surface area contributed by atoms with Crippen molar-refractivity contribution in [3.63, 3.8) is 0 Å². The van der Waals surface area contributed by atoms with E-state index in [-0.39, 0.29) is 53.7 Å². The smallest absolute Gasteiger partial charge is 0.319 e.